The van der Waals surface area contributed by atoms with Gasteiger partial charge in [0.25, 0.3) is 5.56 Å². The van der Waals surface area contributed by atoms with Crippen molar-refractivity contribution in [3.63, 3.8) is 0 Å². The van der Waals surface area contributed by atoms with E-state index in [2.05, 4.69) is 30.8 Å². The lowest BCUT2D eigenvalue weighted by atomic mass is 9.68. The Kier molecular flexibility index (Phi) is 4.11. The molecule has 4 rings (SSSR count). The van der Waals surface area contributed by atoms with Crippen LogP contribution in [0.2, 0.25) is 0 Å². The molecule has 0 radical (unpaired) electrons. The fourth-order valence-electron chi connectivity index (χ4n) is 4.61. The number of thioether (sulfide) groups is 1. The molecule has 0 amide bonds. The zero-order valence-corrected chi connectivity index (χ0v) is 15.8. The molecule has 0 bridgehead atoms. The van der Waals surface area contributed by atoms with Crippen LogP contribution in [0, 0.1) is 0 Å². The van der Waals surface area contributed by atoms with Crippen molar-refractivity contribution in [2.75, 3.05) is 6.26 Å². The molecule has 0 unspecified atom stereocenters. The molecule has 4 heteroatoms. The smallest absolute Gasteiger partial charge is 0.258 e. The van der Waals surface area contributed by atoms with Crippen molar-refractivity contribution in [2.45, 2.75) is 56.1 Å². The van der Waals surface area contributed by atoms with E-state index in [4.69, 9.17) is 4.98 Å². The maximum Gasteiger partial charge on any atom is 0.258 e. The summed E-state index contributed by atoms with van der Waals surface area (Å²) in [4.78, 5) is 18.6. The van der Waals surface area contributed by atoms with Crippen LogP contribution in [0.25, 0.3) is 11.3 Å². The van der Waals surface area contributed by atoms with E-state index in [1.54, 1.807) is 11.8 Å². The monoisotopic (exact) mass is 352 g/mol. The molecule has 1 aromatic carbocycles. The molecule has 0 N–H and O–H groups in total. The number of fused-ring (bicyclic) bond motifs is 4. The summed E-state index contributed by atoms with van der Waals surface area (Å²) in [6, 6.07) is 8.48. The lowest BCUT2D eigenvalue weighted by Gasteiger charge is -2.36. The second-order valence-electron chi connectivity index (χ2n) is 7.49. The maximum atomic E-state index is 13.6. The Morgan fingerprint density at radius 1 is 1.32 bits per heavy atom. The van der Waals surface area contributed by atoms with Crippen LogP contribution in [0.5, 0.6) is 0 Å². The summed E-state index contributed by atoms with van der Waals surface area (Å²) in [5.74, 6) is 0. The number of hydrogen-bond donors (Lipinski definition) is 0. The third-order valence-corrected chi connectivity index (χ3v) is 6.31. The van der Waals surface area contributed by atoms with Gasteiger partial charge in [-0.3, -0.25) is 9.36 Å². The van der Waals surface area contributed by atoms with Crippen LogP contribution >= 0.6 is 11.8 Å². The normalized spacial score (nSPS) is 17.4. The quantitative estimate of drug-likeness (QED) is 0.461. The van der Waals surface area contributed by atoms with E-state index < -0.39 is 0 Å². The predicted octanol–water partition coefficient (Wildman–Crippen LogP) is 4.58. The highest BCUT2D eigenvalue weighted by Crippen LogP contribution is 2.49. The molecule has 2 aliphatic rings. The van der Waals surface area contributed by atoms with Gasteiger partial charge in [0.05, 0.1) is 11.3 Å². The first kappa shape index (κ1) is 16.6. The standard InChI is InChI=1S/C21H24N2OS/c1-14(2)13-23-19(24)17-18(22-20(23)25-3)16-9-5-4-8-15(16)12-21(17)10-6-7-11-21/h4-5,8-9H,1,6-7,10-13H2,2-3H3. The van der Waals surface area contributed by atoms with E-state index in [0.717, 1.165) is 46.8 Å². The fourth-order valence-corrected chi connectivity index (χ4v) is 5.16. The lowest BCUT2D eigenvalue weighted by molar-refractivity contribution is 0.417. The Morgan fingerprint density at radius 3 is 2.72 bits per heavy atom. The molecule has 1 spiro atoms. The molecule has 0 saturated heterocycles. The summed E-state index contributed by atoms with van der Waals surface area (Å²) in [7, 11) is 0. The summed E-state index contributed by atoms with van der Waals surface area (Å²) >= 11 is 1.54. The molecular formula is C21H24N2OS. The van der Waals surface area contributed by atoms with Gasteiger partial charge in [0.1, 0.15) is 0 Å². The number of benzene rings is 1. The van der Waals surface area contributed by atoms with Crippen molar-refractivity contribution in [3.8, 4) is 11.3 Å². The lowest BCUT2D eigenvalue weighted by Crippen LogP contribution is -2.40. The average Bonchev–Trinajstić information content (AvgIpc) is 3.05. The molecule has 0 aliphatic heterocycles. The van der Waals surface area contributed by atoms with Crippen molar-refractivity contribution in [2.24, 2.45) is 0 Å². The van der Waals surface area contributed by atoms with E-state index in [-0.39, 0.29) is 11.0 Å². The van der Waals surface area contributed by atoms with Gasteiger partial charge in [-0.1, -0.05) is 61.0 Å². The molecule has 2 aliphatic carbocycles. The predicted molar refractivity (Wildman–Crippen MR) is 104 cm³/mol. The highest BCUT2D eigenvalue weighted by atomic mass is 32.2. The Bertz CT molecular complexity index is 907. The first-order valence-electron chi connectivity index (χ1n) is 8.98. The van der Waals surface area contributed by atoms with Gasteiger partial charge in [0.15, 0.2) is 5.16 Å². The van der Waals surface area contributed by atoms with Gasteiger partial charge < -0.3 is 0 Å². The molecule has 3 nitrogen and oxygen atoms in total. The number of hydrogen-bond acceptors (Lipinski definition) is 3. The summed E-state index contributed by atoms with van der Waals surface area (Å²) < 4.78 is 1.83. The van der Waals surface area contributed by atoms with Gasteiger partial charge in [-0.15, -0.1) is 0 Å². The van der Waals surface area contributed by atoms with Crippen LogP contribution in [0.15, 0.2) is 46.4 Å². The Hall–Kier alpha value is -1.81. The average molecular weight is 353 g/mol. The third kappa shape index (κ3) is 2.58. The zero-order valence-electron chi connectivity index (χ0n) is 15.0. The van der Waals surface area contributed by atoms with Gasteiger partial charge in [-0.2, -0.15) is 0 Å². The number of rotatable bonds is 3. The SMILES string of the molecule is C=C(C)Cn1c(SC)nc2c(c1=O)C1(CCCC1)Cc1ccccc1-2. The summed E-state index contributed by atoms with van der Waals surface area (Å²) in [5.41, 5.74) is 5.48. The molecule has 1 saturated carbocycles. The maximum absolute atomic E-state index is 13.6. The minimum atomic E-state index is -0.0263. The minimum Gasteiger partial charge on any atom is -0.283 e. The molecule has 2 aromatic rings. The van der Waals surface area contributed by atoms with Crippen molar-refractivity contribution in [1.82, 2.24) is 9.55 Å². The van der Waals surface area contributed by atoms with Crippen LogP contribution < -0.4 is 5.56 Å². The van der Waals surface area contributed by atoms with E-state index >= 15 is 0 Å². The molecule has 130 valence electrons. The molecule has 1 heterocycles. The highest BCUT2D eigenvalue weighted by Gasteiger charge is 2.44. The second-order valence-corrected chi connectivity index (χ2v) is 8.27. The van der Waals surface area contributed by atoms with Crippen LogP contribution in [0.1, 0.15) is 43.7 Å². The van der Waals surface area contributed by atoms with Crippen molar-refractivity contribution in [3.05, 3.63) is 57.9 Å². The third-order valence-electron chi connectivity index (χ3n) is 5.64. The minimum absolute atomic E-state index is 0.0263. The van der Waals surface area contributed by atoms with Gasteiger partial charge in [0, 0.05) is 17.5 Å². The molecule has 25 heavy (non-hydrogen) atoms. The van der Waals surface area contributed by atoms with Crippen molar-refractivity contribution >= 4 is 11.8 Å². The van der Waals surface area contributed by atoms with Crippen LogP contribution in [0.3, 0.4) is 0 Å². The molecule has 1 fully saturated rings. The number of nitrogens with zero attached hydrogens (tertiary/aromatic N) is 2. The van der Waals surface area contributed by atoms with Gasteiger partial charge >= 0.3 is 0 Å². The Morgan fingerprint density at radius 2 is 2.04 bits per heavy atom. The van der Waals surface area contributed by atoms with E-state index in [0.29, 0.717) is 6.54 Å². The highest BCUT2D eigenvalue weighted by molar-refractivity contribution is 7.98. The van der Waals surface area contributed by atoms with Crippen molar-refractivity contribution < 1.29 is 0 Å². The first-order valence-corrected chi connectivity index (χ1v) is 10.2. The van der Waals surface area contributed by atoms with Gasteiger partial charge in [0.2, 0.25) is 0 Å². The zero-order chi connectivity index (χ0) is 17.6. The Labute approximate surface area is 153 Å². The first-order chi connectivity index (χ1) is 12.1. The fraction of sp³-hybridized carbons (Fsp3) is 0.429. The van der Waals surface area contributed by atoms with E-state index in [1.807, 2.05) is 17.7 Å². The van der Waals surface area contributed by atoms with Crippen molar-refractivity contribution in [1.29, 1.82) is 0 Å². The summed E-state index contributed by atoms with van der Waals surface area (Å²) in [5, 5.41) is 0.789. The van der Waals surface area contributed by atoms with Gasteiger partial charge in [-0.25, -0.2) is 4.98 Å². The largest absolute Gasteiger partial charge is 0.283 e. The Balaban J connectivity index is 2.05. The van der Waals surface area contributed by atoms with Crippen LogP contribution in [-0.4, -0.2) is 15.8 Å². The van der Waals surface area contributed by atoms with Crippen LogP contribution in [-0.2, 0) is 18.4 Å². The second kappa shape index (κ2) is 6.17. The number of aromatic nitrogens is 2. The van der Waals surface area contributed by atoms with E-state index in [9.17, 15) is 4.79 Å². The van der Waals surface area contributed by atoms with Crippen LogP contribution in [0.4, 0.5) is 0 Å². The van der Waals surface area contributed by atoms with Gasteiger partial charge in [-0.05, 0) is 38.0 Å². The topological polar surface area (TPSA) is 34.9 Å². The molecule has 1 aromatic heterocycles. The van der Waals surface area contributed by atoms with E-state index in [1.165, 1.54) is 18.4 Å². The molecule has 0 atom stereocenters. The molecular weight excluding hydrogens is 328 g/mol. The number of allylic oxidation sites excluding steroid dienone is 1. The summed E-state index contributed by atoms with van der Waals surface area (Å²) in [6.07, 6.45) is 7.55. The summed E-state index contributed by atoms with van der Waals surface area (Å²) in [6.45, 7) is 6.52.